The Bertz CT molecular complexity index is 1320. The third kappa shape index (κ3) is 4.32. The van der Waals surface area contributed by atoms with Gasteiger partial charge in [-0.15, -0.1) is 11.3 Å². The van der Waals surface area contributed by atoms with Crippen molar-refractivity contribution in [1.82, 2.24) is 4.98 Å². The van der Waals surface area contributed by atoms with Crippen LogP contribution in [0.3, 0.4) is 0 Å². The predicted octanol–water partition coefficient (Wildman–Crippen LogP) is 6.85. The molecule has 0 saturated carbocycles. The highest BCUT2D eigenvalue weighted by Gasteiger charge is 2.16. The zero-order chi connectivity index (χ0) is 22.1. The summed E-state index contributed by atoms with van der Waals surface area (Å²) in [7, 11) is 0. The Balaban J connectivity index is 1.71. The molecule has 8 heteroatoms. The fourth-order valence-corrected chi connectivity index (χ4v) is 4.22. The van der Waals surface area contributed by atoms with Gasteiger partial charge >= 0.3 is 11.9 Å². The number of nitrogens with zero attached hydrogens (tertiary/aromatic N) is 1. The molecule has 31 heavy (non-hydrogen) atoms. The van der Waals surface area contributed by atoms with Gasteiger partial charge in [-0.1, -0.05) is 53.5 Å². The van der Waals surface area contributed by atoms with E-state index in [9.17, 15) is 14.7 Å². The fourth-order valence-electron chi connectivity index (χ4n) is 3.09. The van der Waals surface area contributed by atoms with Gasteiger partial charge < -0.3 is 10.2 Å². The first-order valence-electron chi connectivity index (χ1n) is 8.96. The topological polar surface area (TPSA) is 87.5 Å². The SMILES string of the molecule is O=C(O)c1ccc(-c2ccc(-c3nc(-c4ccc(Cl)c(Cl)c4)cs3)cc2C(=O)O)cc1. The number of aromatic carboxylic acids is 2. The highest BCUT2D eigenvalue weighted by atomic mass is 35.5. The number of benzene rings is 3. The lowest BCUT2D eigenvalue weighted by Gasteiger charge is -2.09. The van der Waals surface area contributed by atoms with Crippen molar-refractivity contribution in [2.24, 2.45) is 0 Å². The number of thiazole rings is 1. The van der Waals surface area contributed by atoms with Crippen molar-refractivity contribution in [3.63, 3.8) is 0 Å². The van der Waals surface area contributed by atoms with Gasteiger partial charge in [-0.25, -0.2) is 14.6 Å². The van der Waals surface area contributed by atoms with Crippen LogP contribution in [0.2, 0.25) is 10.0 Å². The number of halogens is 2. The van der Waals surface area contributed by atoms with Crippen molar-refractivity contribution in [3.05, 3.63) is 87.2 Å². The molecule has 1 heterocycles. The van der Waals surface area contributed by atoms with E-state index in [1.54, 1.807) is 42.5 Å². The van der Waals surface area contributed by atoms with E-state index in [2.05, 4.69) is 4.98 Å². The van der Waals surface area contributed by atoms with Crippen LogP contribution >= 0.6 is 34.5 Å². The molecule has 0 aliphatic carbocycles. The minimum Gasteiger partial charge on any atom is -0.478 e. The van der Waals surface area contributed by atoms with Gasteiger partial charge in [0, 0.05) is 16.5 Å². The molecule has 0 aliphatic rings. The minimum atomic E-state index is -1.08. The van der Waals surface area contributed by atoms with Crippen molar-refractivity contribution < 1.29 is 19.8 Å². The molecule has 0 saturated heterocycles. The van der Waals surface area contributed by atoms with Gasteiger partial charge in [-0.2, -0.15) is 0 Å². The Morgan fingerprint density at radius 2 is 1.45 bits per heavy atom. The van der Waals surface area contributed by atoms with Gasteiger partial charge in [0.05, 0.1) is 26.9 Å². The Kier molecular flexibility index (Phi) is 5.78. The lowest BCUT2D eigenvalue weighted by molar-refractivity contribution is 0.0686. The van der Waals surface area contributed by atoms with Crippen LogP contribution in [0.1, 0.15) is 20.7 Å². The summed E-state index contributed by atoms with van der Waals surface area (Å²) in [5.74, 6) is -2.12. The second-order valence-corrected chi connectivity index (χ2v) is 8.29. The van der Waals surface area contributed by atoms with Crippen molar-refractivity contribution in [3.8, 4) is 33.0 Å². The molecule has 5 nitrogen and oxygen atoms in total. The first-order valence-corrected chi connectivity index (χ1v) is 10.6. The number of carboxylic acids is 2. The normalized spacial score (nSPS) is 10.8. The van der Waals surface area contributed by atoms with E-state index in [1.165, 1.54) is 23.5 Å². The average Bonchev–Trinajstić information content (AvgIpc) is 3.25. The van der Waals surface area contributed by atoms with Crippen molar-refractivity contribution in [2.45, 2.75) is 0 Å². The van der Waals surface area contributed by atoms with E-state index in [-0.39, 0.29) is 11.1 Å². The molecule has 2 N–H and O–H groups in total. The summed E-state index contributed by atoms with van der Waals surface area (Å²) in [5.41, 5.74) is 3.54. The summed E-state index contributed by atoms with van der Waals surface area (Å²) in [5, 5.41) is 22.2. The molecule has 0 unspecified atom stereocenters. The minimum absolute atomic E-state index is 0.104. The molecular formula is C23H13Cl2NO4S. The molecule has 0 bridgehead atoms. The summed E-state index contributed by atoms with van der Waals surface area (Å²) < 4.78 is 0. The number of aromatic nitrogens is 1. The molecule has 3 aromatic carbocycles. The van der Waals surface area contributed by atoms with Crippen molar-refractivity contribution >= 4 is 46.5 Å². The monoisotopic (exact) mass is 469 g/mol. The van der Waals surface area contributed by atoms with E-state index in [0.717, 1.165) is 5.56 Å². The smallest absolute Gasteiger partial charge is 0.336 e. The van der Waals surface area contributed by atoms with Gasteiger partial charge in [-0.05, 0) is 41.5 Å². The lowest BCUT2D eigenvalue weighted by Crippen LogP contribution is -2.01. The van der Waals surface area contributed by atoms with Crippen LogP contribution in [-0.2, 0) is 0 Å². The average molecular weight is 470 g/mol. The van der Waals surface area contributed by atoms with Gasteiger partial charge in [-0.3, -0.25) is 0 Å². The van der Waals surface area contributed by atoms with E-state index in [1.807, 2.05) is 11.4 Å². The highest BCUT2D eigenvalue weighted by molar-refractivity contribution is 7.13. The van der Waals surface area contributed by atoms with E-state index in [0.29, 0.717) is 37.4 Å². The van der Waals surface area contributed by atoms with E-state index < -0.39 is 11.9 Å². The number of rotatable bonds is 5. The molecule has 154 valence electrons. The van der Waals surface area contributed by atoms with Crippen LogP contribution < -0.4 is 0 Å². The van der Waals surface area contributed by atoms with Crippen LogP contribution in [0.5, 0.6) is 0 Å². The number of carbonyl (C=O) groups is 2. The van der Waals surface area contributed by atoms with Gasteiger partial charge in [0.2, 0.25) is 0 Å². The quantitative estimate of drug-likeness (QED) is 0.333. The zero-order valence-corrected chi connectivity index (χ0v) is 18.0. The molecular weight excluding hydrogens is 457 g/mol. The van der Waals surface area contributed by atoms with Crippen molar-refractivity contribution in [1.29, 1.82) is 0 Å². The van der Waals surface area contributed by atoms with Crippen molar-refractivity contribution in [2.75, 3.05) is 0 Å². The zero-order valence-electron chi connectivity index (χ0n) is 15.7. The molecule has 0 aliphatic heterocycles. The standard InChI is InChI=1S/C23H13Cl2NO4S/c24-18-8-6-14(10-19(18)25)20-11-31-21(26-20)15-5-7-16(17(9-15)23(29)30)12-1-3-13(4-2-12)22(27)28/h1-11H,(H,27,28)(H,29,30). The summed E-state index contributed by atoms with van der Waals surface area (Å²) in [4.78, 5) is 27.6. The Morgan fingerprint density at radius 3 is 2.10 bits per heavy atom. The fraction of sp³-hybridized carbons (Fsp3) is 0. The first-order chi connectivity index (χ1) is 14.8. The van der Waals surface area contributed by atoms with Crippen LogP contribution in [0.4, 0.5) is 0 Å². The molecule has 4 rings (SSSR count). The van der Waals surface area contributed by atoms with Gasteiger partial charge in [0.25, 0.3) is 0 Å². The molecule has 0 atom stereocenters. The second-order valence-electron chi connectivity index (χ2n) is 6.61. The summed E-state index contributed by atoms with van der Waals surface area (Å²) in [6.45, 7) is 0. The maximum atomic E-state index is 11.9. The van der Waals surface area contributed by atoms with E-state index in [4.69, 9.17) is 28.3 Å². The third-order valence-electron chi connectivity index (χ3n) is 4.66. The molecule has 1 aromatic heterocycles. The first kappa shape index (κ1) is 21.1. The van der Waals surface area contributed by atoms with Crippen LogP contribution in [-0.4, -0.2) is 27.1 Å². The van der Waals surface area contributed by atoms with E-state index >= 15 is 0 Å². The lowest BCUT2D eigenvalue weighted by atomic mass is 9.97. The summed E-state index contributed by atoms with van der Waals surface area (Å²) in [6.07, 6.45) is 0. The molecule has 0 radical (unpaired) electrons. The number of hydrogen-bond acceptors (Lipinski definition) is 4. The Labute approximate surface area is 191 Å². The largest absolute Gasteiger partial charge is 0.478 e. The third-order valence-corrected chi connectivity index (χ3v) is 6.29. The number of carboxylic acid groups (broad SMARTS) is 2. The Morgan fingerprint density at radius 1 is 0.774 bits per heavy atom. The van der Waals surface area contributed by atoms with Crippen LogP contribution in [0, 0.1) is 0 Å². The van der Waals surface area contributed by atoms with Crippen LogP contribution in [0.25, 0.3) is 33.0 Å². The summed E-state index contributed by atoms with van der Waals surface area (Å²) in [6, 6.07) is 16.4. The van der Waals surface area contributed by atoms with Gasteiger partial charge in [0.15, 0.2) is 0 Å². The summed E-state index contributed by atoms with van der Waals surface area (Å²) >= 11 is 13.5. The van der Waals surface area contributed by atoms with Gasteiger partial charge in [0.1, 0.15) is 5.01 Å². The van der Waals surface area contributed by atoms with Crippen LogP contribution in [0.15, 0.2) is 66.0 Å². The maximum Gasteiger partial charge on any atom is 0.336 e. The highest BCUT2D eigenvalue weighted by Crippen LogP contribution is 2.34. The maximum absolute atomic E-state index is 11.9. The molecule has 0 amide bonds. The second kappa shape index (κ2) is 8.51. The molecule has 0 fully saturated rings. The Hall–Kier alpha value is -3.19. The molecule has 0 spiro atoms. The molecule has 4 aromatic rings. The predicted molar refractivity (Wildman–Crippen MR) is 122 cm³/mol. The number of hydrogen-bond donors (Lipinski definition) is 2.